The van der Waals surface area contributed by atoms with Crippen molar-refractivity contribution in [2.45, 2.75) is 297 Å². The lowest BCUT2D eigenvalue weighted by Gasteiger charge is -2.18. The van der Waals surface area contributed by atoms with Gasteiger partial charge in [-0.3, -0.25) is 14.4 Å². The first-order valence-corrected chi connectivity index (χ1v) is 32.0. The second kappa shape index (κ2) is 64.3. The Hall–Kier alpha value is -4.19. The summed E-state index contributed by atoms with van der Waals surface area (Å²) in [7, 11) is 0. The van der Waals surface area contributed by atoms with Crippen LogP contribution >= 0.6 is 0 Å². The van der Waals surface area contributed by atoms with Crippen LogP contribution in [0.15, 0.2) is 122 Å². The molecule has 0 aromatic rings. The van der Waals surface area contributed by atoms with Crippen LogP contribution in [0, 0.1) is 0 Å². The highest BCUT2D eigenvalue weighted by Crippen LogP contribution is 2.16. The van der Waals surface area contributed by atoms with E-state index in [1.165, 1.54) is 128 Å². The van der Waals surface area contributed by atoms with Gasteiger partial charge in [0.05, 0.1) is 0 Å². The second-order valence-electron chi connectivity index (χ2n) is 20.9. The lowest BCUT2D eigenvalue weighted by Crippen LogP contribution is -2.30. The maximum atomic E-state index is 12.9. The van der Waals surface area contributed by atoms with E-state index in [0.717, 1.165) is 122 Å². The van der Waals surface area contributed by atoms with Gasteiger partial charge in [-0.2, -0.15) is 0 Å². The highest BCUT2D eigenvalue weighted by Gasteiger charge is 2.19. The summed E-state index contributed by atoms with van der Waals surface area (Å²) in [4.78, 5) is 38.3. The molecule has 0 radical (unpaired) electrons. The summed E-state index contributed by atoms with van der Waals surface area (Å²) in [6, 6.07) is 0. The molecule has 0 spiro atoms. The van der Waals surface area contributed by atoms with Crippen molar-refractivity contribution < 1.29 is 28.6 Å². The first-order chi connectivity index (χ1) is 38.0. The normalized spacial score (nSPS) is 12.9. The van der Waals surface area contributed by atoms with E-state index in [9.17, 15) is 14.4 Å². The van der Waals surface area contributed by atoms with E-state index in [2.05, 4.69) is 142 Å². The first kappa shape index (κ1) is 72.8. The predicted molar refractivity (Wildman–Crippen MR) is 334 cm³/mol. The summed E-state index contributed by atoms with van der Waals surface area (Å²) in [6.45, 7) is 6.37. The zero-order chi connectivity index (χ0) is 55.7. The molecule has 0 saturated heterocycles. The van der Waals surface area contributed by atoms with E-state index in [1.807, 2.05) is 0 Å². The highest BCUT2D eigenvalue weighted by molar-refractivity contribution is 5.71. The zero-order valence-corrected chi connectivity index (χ0v) is 50.2. The van der Waals surface area contributed by atoms with Gasteiger partial charge in [0.1, 0.15) is 13.2 Å². The molecule has 0 fully saturated rings. The molecule has 0 N–H and O–H groups in total. The molecule has 1 atom stereocenters. The standard InChI is InChI=1S/C71H118O6/c1-4-7-10-13-16-19-22-25-28-30-31-32-33-34-35-36-37-38-39-41-43-46-49-52-55-58-61-64-70(73)76-67-68(66-75-69(72)63-60-57-54-51-48-45-42-27-24-21-18-15-12-9-6-3)77-71(74)65-62-59-56-53-50-47-44-40-29-26-23-20-17-14-11-8-5-2/h8-9,11-12,17-18,20-22,25-27,29-31,33-34,42,48,51,68H,4-7,10,13-16,19,23-24,28,32,35-41,43-47,49-50,52-67H2,1-3H3/b11-8-,12-9-,20-17-,21-18-,25-22-,29-26-,31-30-,34-33-,42-27-,51-48-. The third-order valence-electron chi connectivity index (χ3n) is 13.4. The molecule has 0 saturated carbocycles. The van der Waals surface area contributed by atoms with Gasteiger partial charge in [0.2, 0.25) is 0 Å². The third-order valence-corrected chi connectivity index (χ3v) is 13.4. The Labute approximate surface area is 475 Å². The monoisotopic (exact) mass is 1070 g/mol. The molecule has 438 valence electrons. The number of unbranched alkanes of at least 4 members (excludes halogenated alkanes) is 26. The van der Waals surface area contributed by atoms with Crippen LogP contribution in [0.25, 0.3) is 0 Å². The predicted octanol–water partition coefficient (Wildman–Crippen LogP) is 22.0. The van der Waals surface area contributed by atoms with E-state index in [0.29, 0.717) is 19.3 Å². The highest BCUT2D eigenvalue weighted by atomic mass is 16.6. The largest absolute Gasteiger partial charge is 0.462 e. The molecule has 0 bridgehead atoms. The molecule has 77 heavy (non-hydrogen) atoms. The van der Waals surface area contributed by atoms with Gasteiger partial charge in [-0.1, -0.05) is 264 Å². The van der Waals surface area contributed by atoms with Gasteiger partial charge in [0.25, 0.3) is 0 Å². The second-order valence-corrected chi connectivity index (χ2v) is 20.9. The fraction of sp³-hybridized carbons (Fsp3) is 0.676. The molecule has 0 rings (SSSR count). The molecule has 0 aromatic heterocycles. The van der Waals surface area contributed by atoms with Crippen molar-refractivity contribution >= 4 is 17.9 Å². The van der Waals surface area contributed by atoms with Gasteiger partial charge in [0, 0.05) is 19.3 Å². The minimum Gasteiger partial charge on any atom is -0.462 e. The molecule has 1 unspecified atom stereocenters. The summed E-state index contributed by atoms with van der Waals surface area (Å²) >= 11 is 0. The maximum Gasteiger partial charge on any atom is 0.306 e. The number of allylic oxidation sites excluding steroid dienone is 20. The van der Waals surface area contributed by atoms with Gasteiger partial charge < -0.3 is 14.2 Å². The van der Waals surface area contributed by atoms with Crippen LogP contribution in [-0.4, -0.2) is 37.2 Å². The van der Waals surface area contributed by atoms with Crippen LogP contribution in [0.5, 0.6) is 0 Å². The molecular formula is C71H118O6. The number of hydrogen-bond donors (Lipinski definition) is 0. The van der Waals surface area contributed by atoms with E-state index >= 15 is 0 Å². The van der Waals surface area contributed by atoms with Crippen molar-refractivity contribution in [3.63, 3.8) is 0 Å². The maximum absolute atomic E-state index is 12.9. The van der Waals surface area contributed by atoms with Crippen LogP contribution < -0.4 is 0 Å². The van der Waals surface area contributed by atoms with Gasteiger partial charge in [0.15, 0.2) is 6.10 Å². The minimum atomic E-state index is -0.806. The van der Waals surface area contributed by atoms with Gasteiger partial charge in [-0.05, 0) is 128 Å². The van der Waals surface area contributed by atoms with E-state index in [4.69, 9.17) is 14.2 Å². The zero-order valence-electron chi connectivity index (χ0n) is 50.2. The van der Waals surface area contributed by atoms with Crippen molar-refractivity contribution in [3.05, 3.63) is 122 Å². The SMILES string of the molecule is CC/C=C\C/C=C\C/C=C\C/C=C\CCCCC(=O)OCC(COC(=O)CCCCCCCCCCCCCC/C=C\C/C=C\C/C=C\CCCCCCC)OC(=O)CCCCCCCCC/C=C\C/C=C\C/C=C\CC. The smallest absolute Gasteiger partial charge is 0.306 e. The van der Waals surface area contributed by atoms with Crippen LogP contribution in [0.4, 0.5) is 0 Å². The summed E-state index contributed by atoms with van der Waals surface area (Å²) in [6.07, 6.45) is 89.2. The molecule has 0 aliphatic heterocycles. The van der Waals surface area contributed by atoms with Crippen molar-refractivity contribution in [1.82, 2.24) is 0 Å². The summed E-state index contributed by atoms with van der Waals surface area (Å²) in [5.74, 6) is -0.950. The average molecular weight is 1070 g/mol. The van der Waals surface area contributed by atoms with Crippen molar-refractivity contribution in [3.8, 4) is 0 Å². The Bertz CT molecular complexity index is 1600. The fourth-order valence-electron chi connectivity index (χ4n) is 8.69. The van der Waals surface area contributed by atoms with Crippen molar-refractivity contribution in [2.24, 2.45) is 0 Å². The average Bonchev–Trinajstić information content (AvgIpc) is 3.43. The third kappa shape index (κ3) is 62.5. The number of hydrogen-bond acceptors (Lipinski definition) is 6. The van der Waals surface area contributed by atoms with Gasteiger partial charge >= 0.3 is 17.9 Å². The summed E-state index contributed by atoms with van der Waals surface area (Å²) in [5.41, 5.74) is 0. The quantitative estimate of drug-likeness (QED) is 0.0261. The van der Waals surface area contributed by atoms with Gasteiger partial charge in [-0.15, -0.1) is 0 Å². The molecule has 0 heterocycles. The molecule has 0 aliphatic carbocycles. The minimum absolute atomic E-state index is 0.0983. The number of carbonyl (C=O) groups is 3. The lowest BCUT2D eigenvalue weighted by molar-refractivity contribution is -0.167. The number of ether oxygens (including phenoxy) is 3. The topological polar surface area (TPSA) is 78.9 Å². The molecule has 6 nitrogen and oxygen atoms in total. The van der Waals surface area contributed by atoms with E-state index in [-0.39, 0.29) is 31.1 Å². The Morgan fingerprint density at radius 1 is 0.273 bits per heavy atom. The fourth-order valence-corrected chi connectivity index (χ4v) is 8.69. The number of esters is 3. The van der Waals surface area contributed by atoms with Crippen molar-refractivity contribution in [2.75, 3.05) is 13.2 Å². The van der Waals surface area contributed by atoms with E-state index in [1.54, 1.807) is 0 Å². The number of rotatable bonds is 57. The van der Waals surface area contributed by atoms with E-state index < -0.39 is 6.10 Å². The molecule has 0 amide bonds. The number of carbonyl (C=O) groups excluding carboxylic acids is 3. The summed E-state index contributed by atoms with van der Waals surface area (Å²) < 4.78 is 16.9. The van der Waals surface area contributed by atoms with Crippen LogP contribution in [-0.2, 0) is 28.6 Å². The Balaban J connectivity index is 4.36. The van der Waals surface area contributed by atoms with Crippen LogP contribution in [0.1, 0.15) is 290 Å². The molecule has 6 heteroatoms. The first-order valence-electron chi connectivity index (χ1n) is 32.0. The van der Waals surface area contributed by atoms with Gasteiger partial charge in [-0.25, -0.2) is 0 Å². The van der Waals surface area contributed by atoms with Crippen LogP contribution in [0.3, 0.4) is 0 Å². The van der Waals surface area contributed by atoms with Crippen LogP contribution in [0.2, 0.25) is 0 Å². The Morgan fingerprint density at radius 2 is 0.506 bits per heavy atom. The molecule has 0 aromatic carbocycles. The van der Waals surface area contributed by atoms with Crippen molar-refractivity contribution in [1.29, 1.82) is 0 Å². The molecular weight excluding hydrogens is 949 g/mol. The summed E-state index contributed by atoms with van der Waals surface area (Å²) in [5, 5.41) is 0. The lowest BCUT2D eigenvalue weighted by atomic mass is 10.0. The molecule has 0 aliphatic rings. The Morgan fingerprint density at radius 3 is 0.818 bits per heavy atom. The Kier molecular flexibility index (Phi) is 60.8.